The molecular weight excluding hydrogens is 584 g/mol. The van der Waals surface area contributed by atoms with Gasteiger partial charge in [-0.25, -0.2) is 9.59 Å². The van der Waals surface area contributed by atoms with Gasteiger partial charge in [-0.2, -0.15) is 0 Å². The van der Waals surface area contributed by atoms with E-state index in [4.69, 9.17) is 19.3 Å². The van der Waals surface area contributed by atoms with Gasteiger partial charge in [0.15, 0.2) is 0 Å². The van der Waals surface area contributed by atoms with E-state index in [1.54, 1.807) is 0 Å². The number of phenols is 4. The molecule has 14 heteroatoms. The molecule has 0 unspecified atom stereocenters. The number of aliphatic hydroxyl groups excluding tert-OH is 1. The lowest BCUT2D eigenvalue weighted by Gasteiger charge is -2.19. The van der Waals surface area contributed by atoms with Gasteiger partial charge in [0.1, 0.15) is 58.2 Å². The summed E-state index contributed by atoms with van der Waals surface area (Å²) < 4.78 is 15.7. The largest absolute Gasteiger partial charge is 0.508 e. The molecule has 14 nitrogen and oxygen atoms in total. The molecule has 240 valence electrons. The van der Waals surface area contributed by atoms with Gasteiger partial charge in [0.05, 0.1) is 18.9 Å². The molecule has 0 fully saturated rings. The van der Waals surface area contributed by atoms with Crippen molar-refractivity contribution in [2.24, 2.45) is 0 Å². The number of ether oxygens (including phenoxy) is 3. The zero-order chi connectivity index (χ0) is 33.3. The zero-order valence-corrected chi connectivity index (χ0v) is 24.6. The highest BCUT2D eigenvalue weighted by Crippen LogP contribution is 2.31. The van der Waals surface area contributed by atoms with Crippen molar-refractivity contribution in [3.05, 3.63) is 46.5 Å². The minimum Gasteiger partial charge on any atom is -0.508 e. The predicted molar refractivity (Wildman–Crippen MR) is 150 cm³/mol. The Morgan fingerprint density at radius 2 is 1.14 bits per heavy atom. The van der Waals surface area contributed by atoms with E-state index in [9.17, 15) is 49.5 Å². The molecule has 44 heavy (non-hydrogen) atoms. The summed E-state index contributed by atoms with van der Waals surface area (Å²) in [5.74, 6) is -6.70. The highest BCUT2D eigenvalue weighted by atomic mass is 16.6. The molecule has 0 heterocycles. The van der Waals surface area contributed by atoms with E-state index in [0.717, 1.165) is 24.3 Å². The summed E-state index contributed by atoms with van der Waals surface area (Å²) in [5.41, 5.74) is -0.726. The van der Waals surface area contributed by atoms with E-state index < -0.39 is 95.5 Å². The summed E-state index contributed by atoms with van der Waals surface area (Å²) in [6.07, 6.45) is -5.68. The number of aliphatic carboxylic acids is 1. The van der Waals surface area contributed by atoms with Crippen LogP contribution < -0.4 is 0 Å². The van der Waals surface area contributed by atoms with Crippen LogP contribution >= 0.6 is 0 Å². The van der Waals surface area contributed by atoms with Gasteiger partial charge in [0, 0.05) is 31.4 Å². The van der Waals surface area contributed by atoms with E-state index in [2.05, 4.69) is 0 Å². The molecule has 2 aromatic carbocycles. The Balaban J connectivity index is 2.08. The van der Waals surface area contributed by atoms with Gasteiger partial charge in [-0.1, -0.05) is 0 Å². The van der Waals surface area contributed by atoms with E-state index in [1.165, 1.54) is 27.7 Å². The van der Waals surface area contributed by atoms with Crippen molar-refractivity contribution < 1.29 is 68.8 Å². The first-order valence-corrected chi connectivity index (χ1v) is 13.6. The van der Waals surface area contributed by atoms with Crippen molar-refractivity contribution in [2.45, 2.75) is 84.2 Å². The third-order valence-corrected chi connectivity index (χ3v) is 6.06. The Kier molecular flexibility index (Phi) is 12.5. The summed E-state index contributed by atoms with van der Waals surface area (Å²) >= 11 is 0. The number of esters is 3. The number of ketones is 1. The average Bonchev–Trinajstić information content (AvgIpc) is 2.81. The van der Waals surface area contributed by atoms with Gasteiger partial charge in [0.25, 0.3) is 0 Å². The lowest BCUT2D eigenvalue weighted by atomic mass is 9.98. The Morgan fingerprint density at radius 1 is 0.659 bits per heavy atom. The molecule has 0 aromatic heterocycles. The highest BCUT2D eigenvalue weighted by Gasteiger charge is 2.27. The van der Waals surface area contributed by atoms with Gasteiger partial charge >= 0.3 is 23.9 Å². The highest BCUT2D eigenvalue weighted by molar-refractivity contribution is 5.97. The number of aromatic hydroxyl groups is 4. The number of carbonyl (C=O) groups is 5. The molecule has 0 saturated carbocycles. The fourth-order valence-corrected chi connectivity index (χ4v) is 4.40. The molecule has 0 bridgehead atoms. The molecule has 2 rings (SSSR count). The van der Waals surface area contributed by atoms with Crippen LogP contribution in [0.15, 0.2) is 24.3 Å². The maximum atomic E-state index is 12.9. The van der Waals surface area contributed by atoms with Crippen LogP contribution in [0, 0.1) is 0 Å². The Bertz CT molecular complexity index is 1400. The molecule has 0 aliphatic carbocycles. The molecular formula is C30H36O14. The van der Waals surface area contributed by atoms with Gasteiger partial charge in [-0.05, 0) is 51.0 Å². The molecule has 2 aromatic rings. The van der Waals surface area contributed by atoms with Crippen LogP contribution in [0.2, 0.25) is 0 Å². The number of carbonyl (C=O) groups excluding carboxylic acids is 4. The standard InChI is InChI=1S/C30H36O14/c1-14(31)5-20(32)10-19-11-22(34)13-24(36)28(19)30(41)44-17(4)8-26(39)42-15(2)6-18-9-21(33)12-23(35)27(18)29(40)43-16(3)7-25(37)38/h9,11-17,31,33-36H,5-8,10H2,1-4H3,(H,37,38)/t14-,15-,16-,17-/m1/s1. The van der Waals surface area contributed by atoms with Crippen molar-refractivity contribution in [2.75, 3.05) is 0 Å². The van der Waals surface area contributed by atoms with Crippen molar-refractivity contribution >= 4 is 29.7 Å². The monoisotopic (exact) mass is 620 g/mol. The lowest BCUT2D eigenvalue weighted by Crippen LogP contribution is -2.25. The van der Waals surface area contributed by atoms with Gasteiger partial charge in [-0.15, -0.1) is 0 Å². The minimum absolute atomic E-state index is 0.0393. The zero-order valence-electron chi connectivity index (χ0n) is 24.6. The molecule has 6 N–H and O–H groups in total. The number of carboxylic acids is 1. The van der Waals surface area contributed by atoms with Crippen molar-refractivity contribution in [1.82, 2.24) is 0 Å². The second-order valence-electron chi connectivity index (χ2n) is 10.5. The average molecular weight is 621 g/mol. The maximum absolute atomic E-state index is 12.9. The first kappa shape index (κ1) is 35.3. The lowest BCUT2D eigenvalue weighted by molar-refractivity contribution is -0.150. The summed E-state index contributed by atoms with van der Waals surface area (Å²) in [6, 6.07) is 4.04. The number of Topliss-reactive ketones (excluding diaryl/α,β-unsaturated/α-hetero) is 1. The van der Waals surface area contributed by atoms with E-state index in [1.807, 2.05) is 0 Å². The van der Waals surface area contributed by atoms with Crippen LogP contribution in [0.25, 0.3) is 0 Å². The second-order valence-corrected chi connectivity index (χ2v) is 10.5. The second kappa shape index (κ2) is 15.6. The molecule has 0 amide bonds. The SMILES string of the molecule is C[C@H](Cc1cc(O)cc(O)c1C(=O)O[C@H](C)CC(=O)O)OC(=O)C[C@@H](C)OC(=O)c1c(O)cc(O)cc1CC(=O)C[C@@H](C)O. The van der Waals surface area contributed by atoms with Gasteiger partial charge in [0.2, 0.25) is 0 Å². The summed E-state index contributed by atoms with van der Waals surface area (Å²) in [7, 11) is 0. The van der Waals surface area contributed by atoms with Crippen LogP contribution in [0.4, 0.5) is 0 Å². The van der Waals surface area contributed by atoms with Crippen molar-refractivity contribution in [1.29, 1.82) is 0 Å². The number of benzene rings is 2. The predicted octanol–water partition coefficient (Wildman–Crippen LogP) is 2.52. The van der Waals surface area contributed by atoms with Crippen LogP contribution in [0.1, 0.15) is 78.8 Å². The van der Waals surface area contributed by atoms with Crippen LogP contribution in [0.3, 0.4) is 0 Å². The number of hydrogen-bond donors (Lipinski definition) is 6. The number of rotatable bonds is 15. The molecule has 0 aliphatic heterocycles. The first-order valence-electron chi connectivity index (χ1n) is 13.6. The summed E-state index contributed by atoms with van der Waals surface area (Å²) in [5, 5.41) is 58.6. The molecule has 0 spiro atoms. The smallest absolute Gasteiger partial charge is 0.342 e. The van der Waals surface area contributed by atoms with E-state index >= 15 is 0 Å². The van der Waals surface area contributed by atoms with Crippen molar-refractivity contribution in [3.8, 4) is 23.0 Å². The molecule has 0 radical (unpaired) electrons. The number of carboxylic acid groups (broad SMARTS) is 1. The summed E-state index contributed by atoms with van der Waals surface area (Å²) in [6.45, 7) is 5.59. The normalized spacial score (nSPS) is 13.7. The van der Waals surface area contributed by atoms with E-state index in [-0.39, 0.29) is 36.0 Å². The van der Waals surface area contributed by atoms with Crippen LogP contribution in [-0.2, 0) is 41.4 Å². The molecule has 4 atom stereocenters. The number of hydrogen-bond acceptors (Lipinski definition) is 13. The fourth-order valence-electron chi connectivity index (χ4n) is 4.40. The Morgan fingerprint density at radius 3 is 1.64 bits per heavy atom. The third-order valence-electron chi connectivity index (χ3n) is 6.06. The Hall–Kier alpha value is -4.85. The van der Waals surface area contributed by atoms with Gasteiger partial charge < -0.3 is 44.8 Å². The van der Waals surface area contributed by atoms with Crippen LogP contribution in [-0.4, -0.2) is 84.7 Å². The molecule has 0 saturated heterocycles. The number of aliphatic hydroxyl groups is 1. The maximum Gasteiger partial charge on any atom is 0.342 e. The first-order chi connectivity index (χ1) is 20.5. The molecule has 0 aliphatic rings. The number of phenolic OH excluding ortho intramolecular Hbond substituents is 4. The third kappa shape index (κ3) is 10.8. The van der Waals surface area contributed by atoms with E-state index in [0.29, 0.717) is 0 Å². The summed E-state index contributed by atoms with van der Waals surface area (Å²) in [4.78, 5) is 61.2. The van der Waals surface area contributed by atoms with Crippen molar-refractivity contribution in [3.63, 3.8) is 0 Å². The van der Waals surface area contributed by atoms with Gasteiger partial charge in [-0.3, -0.25) is 14.4 Å². The fraction of sp³-hybridized carbons (Fsp3) is 0.433. The minimum atomic E-state index is -1.20. The quantitative estimate of drug-likeness (QED) is 0.124. The topological polar surface area (TPSA) is 234 Å². The Labute approximate surface area is 252 Å². The van der Waals surface area contributed by atoms with Crippen LogP contribution in [0.5, 0.6) is 23.0 Å².